The third kappa shape index (κ3) is 1.70. The van der Waals surface area contributed by atoms with E-state index in [0.29, 0.717) is 0 Å². The van der Waals surface area contributed by atoms with Crippen LogP contribution in [-0.2, 0) is 7.05 Å². The van der Waals surface area contributed by atoms with Crippen LogP contribution in [0.25, 0.3) is 27.6 Å². The highest BCUT2D eigenvalue weighted by atomic mass is 15.1. The summed E-state index contributed by atoms with van der Waals surface area (Å²) in [7, 11) is 2.14. The number of hydrogen-bond donors (Lipinski definition) is 0. The molecule has 0 unspecified atom stereocenters. The Kier molecular flexibility index (Phi) is 2.80. The lowest BCUT2D eigenvalue weighted by Gasteiger charge is -2.06. The van der Waals surface area contributed by atoms with Crippen LogP contribution in [0.1, 0.15) is 11.3 Å². The second-order valence-corrected chi connectivity index (χ2v) is 5.91. The van der Waals surface area contributed by atoms with Gasteiger partial charge in [-0.05, 0) is 49.7 Å². The van der Waals surface area contributed by atoms with Crippen molar-refractivity contribution >= 4 is 21.9 Å². The fourth-order valence-corrected chi connectivity index (χ4v) is 3.29. The smallest absolute Gasteiger partial charge is 0.233 e. The maximum atomic E-state index is 2.38. The van der Waals surface area contributed by atoms with Crippen LogP contribution >= 0.6 is 0 Å². The Morgan fingerprint density at radius 2 is 1.50 bits per heavy atom. The number of nitrogens with zero attached hydrogens (tertiary/aromatic N) is 2. The molecule has 0 saturated carbocycles. The van der Waals surface area contributed by atoms with E-state index in [9.17, 15) is 0 Å². The molecule has 4 aromatic rings. The zero-order valence-electron chi connectivity index (χ0n) is 13.2. The minimum atomic E-state index is 1.25. The molecule has 0 saturated heterocycles. The zero-order chi connectivity index (χ0) is 15.3. The Morgan fingerprint density at radius 1 is 0.773 bits per heavy atom. The van der Waals surface area contributed by atoms with E-state index in [4.69, 9.17) is 0 Å². The third-order valence-corrected chi connectivity index (χ3v) is 4.58. The minimum Gasteiger partial charge on any atom is -0.233 e. The van der Waals surface area contributed by atoms with Crippen LogP contribution in [0.15, 0.2) is 60.7 Å². The third-order valence-electron chi connectivity index (χ3n) is 4.58. The van der Waals surface area contributed by atoms with Gasteiger partial charge in [0.05, 0.1) is 12.4 Å². The van der Waals surface area contributed by atoms with Gasteiger partial charge < -0.3 is 0 Å². The molecule has 4 rings (SSSR count). The van der Waals surface area contributed by atoms with Crippen molar-refractivity contribution in [1.29, 1.82) is 0 Å². The lowest BCUT2D eigenvalue weighted by atomic mass is 10.2. The maximum absolute atomic E-state index is 2.38. The molecule has 0 aliphatic heterocycles. The molecule has 0 spiro atoms. The van der Waals surface area contributed by atoms with E-state index in [0.717, 1.165) is 0 Å². The summed E-state index contributed by atoms with van der Waals surface area (Å²) >= 11 is 0. The Balaban J connectivity index is 2.29. The zero-order valence-corrected chi connectivity index (χ0v) is 13.2. The molecular weight excluding hydrogens is 268 g/mol. The van der Waals surface area contributed by atoms with Crippen LogP contribution in [0, 0.1) is 13.8 Å². The van der Waals surface area contributed by atoms with Crippen LogP contribution in [0.3, 0.4) is 0 Å². The van der Waals surface area contributed by atoms with Crippen molar-refractivity contribution in [3.05, 3.63) is 71.9 Å². The number of aromatic nitrogens is 2. The lowest BCUT2D eigenvalue weighted by Crippen LogP contribution is -2.34. The van der Waals surface area contributed by atoms with Gasteiger partial charge in [0.15, 0.2) is 0 Å². The van der Waals surface area contributed by atoms with Crippen molar-refractivity contribution in [2.24, 2.45) is 7.05 Å². The Hall–Kier alpha value is -2.61. The summed E-state index contributed by atoms with van der Waals surface area (Å²) in [6.45, 7) is 4.32. The molecule has 2 heterocycles. The van der Waals surface area contributed by atoms with Crippen LogP contribution < -0.4 is 4.57 Å². The molecule has 0 bridgehead atoms. The van der Waals surface area contributed by atoms with Gasteiger partial charge in [0.2, 0.25) is 0 Å². The van der Waals surface area contributed by atoms with Gasteiger partial charge in [-0.25, -0.2) is 4.57 Å². The van der Waals surface area contributed by atoms with Crippen molar-refractivity contribution in [1.82, 2.24) is 4.57 Å². The van der Waals surface area contributed by atoms with Gasteiger partial charge in [-0.3, -0.25) is 0 Å². The van der Waals surface area contributed by atoms with E-state index >= 15 is 0 Å². The first-order valence-electron chi connectivity index (χ1n) is 7.63. The number of pyridine rings is 1. The van der Waals surface area contributed by atoms with Gasteiger partial charge >= 0.3 is 0 Å². The monoisotopic (exact) mass is 287 g/mol. The van der Waals surface area contributed by atoms with Gasteiger partial charge in [-0.1, -0.05) is 30.3 Å². The summed E-state index contributed by atoms with van der Waals surface area (Å²) in [5, 5.41) is 2.60. The molecule has 0 aliphatic carbocycles. The molecule has 0 atom stereocenters. The molecule has 2 aromatic heterocycles. The fourth-order valence-electron chi connectivity index (χ4n) is 3.29. The number of benzene rings is 2. The predicted octanol–water partition coefficient (Wildman–Crippen LogP) is 4.23. The number of aryl methyl sites for hydroxylation is 3. The quantitative estimate of drug-likeness (QED) is 0.463. The Labute approximate surface area is 130 Å². The highest BCUT2D eigenvalue weighted by molar-refractivity contribution is 6.06. The SMILES string of the molecule is Cc1ccccc1-n1c2ccccc2c2ccc(C)[n+](C)c21. The maximum Gasteiger partial charge on any atom is 0.295 e. The second-order valence-electron chi connectivity index (χ2n) is 5.91. The van der Waals surface area contributed by atoms with Gasteiger partial charge in [0.25, 0.3) is 5.65 Å². The first kappa shape index (κ1) is 13.1. The predicted molar refractivity (Wildman–Crippen MR) is 91.4 cm³/mol. The van der Waals surface area contributed by atoms with E-state index in [1.165, 1.54) is 38.9 Å². The van der Waals surface area contributed by atoms with Gasteiger partial charge in [0.1, 0.15) is 16.9 Å². The largest absolute Gasteiger partial charge is 0.295 e. The summed E-state index contributed by atoms with van der Waals surface area (Å²) in [6, 6.07) is 21.6. The summed E-state index contributed by atoms with van der Waals surface area (Å²) in [4.78, 5) is 0. The minimum absolute atomic E-state index is 1.25. The number of hydrogen-bond acceptors (Lipinski definition) is 0. The Bertz CT molecular complexity index is 1010. The molecule has 2 aromatic carbocycles. The van der Waals surface area contributed by atoms with Crippen molar-refractivity contribution in [3.63, 3.8) is 0 Å². The van der Waals surface area contributed by atoms with E-state index in [1.807, 2.05) is 0 Å². The lowest BCUT2D eigenvalue weighted by molar-refractivity contribution is -0.653. The average molecular weight is 287 g/mol. The van der Waals surface area contributed by atoms with Crippen LogP contribution in [0.5, 0.6) is 0 Å². The number of para-hydroxylation sites is 2. The van der Waals surface area contributed by atoms with Crippen molar-refractivity contribution in [3.8, 4) is 5.69 Å². The highest BCUT2D eigenvalue weighted by Crippen LogP contribution is 2.31. The van der Waals surface area contributed by atoms with Crippen LogP contribution in [0.4, 0.5) is 0 Å². The highest BCUT2D eigenvalue weighted by Gasteiger charge is 2.22. The molecule has 0 aliphatic rings. The summed E-state index contributed by atoms with van der Waals surface area (Å²) in [5.41, 5.74) is 6.29. The molecule has 0 amide bonds. The summed E-state index contributed by atoms with van der Waals surface area (Å²) in [6.07, 6.45) is 0. The molecule has 22 heavy (non-hydrogen) atoms. The van der Waals surface area contributed by atoms with Gasteiger partial charge in [-0.2, -0.15) is 4.57 Å². The summed E-state index contributed by atoms with van der Waals surface area (Å²) < 4.78 is 4.66. The molecule has 108 valence electrons. The number of rotatable bonds is 1. The van der Waals surface area contributed by atoms with Crippen molar-refractivity contribution in [2.75, 3.05) is 0 Å². The van der Waals surface area contributed by atoms with E-state index < -0.39 is 0 Å². The average Bonchev–Trinajstić information content (AvgIpc) is 2.87. The van der Waals surface area contributed by atoms with Crippen molar-refractivity contribution < 1.29 is 4.57 Å². The van der Waals surface area contributed by atoms with Crippen LogP contribution in [-0.4, -0.2) is 4.57 Å². The first-order valence-corrected chi connectivity index (χ1v) is 7.63. The first-order chi connectivity index (χ1) is 10.7. The topological polar surface area (TPSA) is 8.81 Å². The molecule has 0 fully saturated rings. The fraction of sp³-hybridized carbons (Fsp3) is 0.150. The van der Waals surface area contributed by atoms with Crippen molar-refractivity contribution in [2.45, 2.75) is 13.8 Å². The normalized spacial score (nSPS) is 11.4. The van der Waals surface area contributed by atoms with Crippen LogP contribution in [0.2, 0.25) is 0 Å². The van der Waals surface area contributed by atoms with E-state index in [1.54, 1.807) is 0 Å². The molecule has 2 nitrogen and oxygen atoms in total. The molecule has 2 heteroatoms. The molecule has 0 radical (unpaired) electrons. The van der Waals surface area contributed by atoms with E-state index in [2.05, 4.69) is 90.7 Å². The summed E-state index contributed by atoms with van der Waals surface area (Å²) in [5.74, 6) is 0. The van der Waals surface area contributed by atoms with Gasteiger partial charge in [-0.15, -0.1) is 0 Å². The molecule has 0 N–H and O–H groups in total. The van der Waals surface area contributed by atoms with E-state index in [-0.39, 0.29) is 0 Å². The second kappa shape index (κ2) is 4.70. The number of fused-ring (bicyclic) bond motifs is 3. The van der Waals surface area contributed by atoms with Gasteiger partial charge in [0, 0.05) is 5.39 Å². The Morgan fingerprint density at radius 3 is 2.32 bits per heavy atom. The molecular formula is C20H19N2+. The standard InChI is InChI=1S/C20H19N2/c1-14-8-4-6-10-18(14)22-19-11-7-5-9-16(19)17-13-12-15(2)21(3)20(17)22/h4-13H,1-3H3/q+1.